The Morgan fingerprint density at radius 3 is 2.65 bits per heavy atom. The lowest BCUT2D eigenvalue weighted by Gasteiger charge is -2.06. The van der Waals surface area contributed by atoms with Crippen molar-refractivity contribution in [1.82, 2.24) is 9.97 Å². The summed E-state index contributed by atoms with van der Waals surface area (Å²) in [5.41, 5.74) is -0.169. The lowest BCUT2D eigenvalue weighted by atomic mass is 10.1. The van der Waals surface area contributed by atoms with E-state index in [2.05, 4.69) is 9.97 Å². The molecule has 2 aromatic rings. The molecule has 1 aromatic carbocycles. The zero-order valence-corrected chi connectivity index (χ0v) is 9.50. The van der Waals surface area contributed by atoms with E-state index >= 15 is 0 Å². The smallest absolute Gasteiger partial charge is 0.223 e. The zero-order chi connectivity index (χ0) is 12.4. The largest absolute Gasteiger partial charge is 0.497 e. The molecule has 0 aliphatic rings. The van der Waals surface area contributed by atoms with E-state index in [0.717, 1.165) is 12.3 Å². The van der Waals surface area contributed by atoms with Gasteiger partial charge in [0.15, 0.2) is 5.82 Å². The van der Waals surface area contributed by atoms with Gasteiger partial charge in [-0.05, 0) is 23.7 Å². The molecule has 0 N–H and O–H groups in total. The average Bonchev–Trinajstić information content (AvgIpc) is 2.32. The highest BCUT2D eigenvalue weighted by Gasteiger charge is 2.13. The molecule has 0 amide bonds. The minimum Gasteiger partial charge on any atom is -0.497 e. The summed E-state index contributed by atoms with van der Waals surface area (Å²) in [6.07, 6.45) is 0.897. The van der Waals surface area contributed by atoms with Crippen LogP contribution in [0, 0.1) is 11.6 Å². The Morgan fingerprint density at radius 2 is 2.00 bits per heavy atom. The van der Waals surface area contributed by atoms with Gasteiger partial charge in [-0.2, -0.15) is 0 Å². The Balaban J connectivity index is 2.56. The predicted molar refractivity (Wildman–Crippen MR) is 58.9 cm³/mol. The Kier molecular flexibility index (Phi) is 3.19. The molecule has 0 radical (unpaired) electrons. The first kappa shape index (κ1) is 11.7. The van der Waals surface area contributed by atoms with Crippen molar-refractivity contribution in [3.63, 3.8) is 0 Å². The SMILES string of the molecule is COc1ccc(-c2nc(Cl)ncc2F)c(F)c1. The van der Waals surface area contributed by atoms with Crippen LogP contribution in [0.25, 0.3) is 11.3 Å². The van der Waals surface area contributed by atoms with Crippen molar-refractivity contribution in [1.29, 1.82) is 0 Å². The van der Waals surface area contributed by atoms with E-state index in [1.807, 2.05) is 0 Å². The number of rotatable bonds is 2. The fraction of sp³-hybridized carbons (Fsp3) is 0.0909. The predicted octanol–water partition coefficient (Wildman–Crippen LogP) is 3.08. The maximum atomic E-state index is 13.7. The topological polar surface area (TPSA) is 35.0 Å². The Morgan fingerprint density at radius 1 is 1.24 bits per heavy atom. The van der Waals surface area contributed by atoms with Gasteiger partial charge in [-0.25, -0.2) is 18.7 Å². The molecule has 0 atom stereocenters. The summed E-state index contributed by atoms with van der Waals surface area (Å²) in [4.78, 5) is 7.12. The van der Waals surface area contributed by atoms with Crippen LogP contribution in [0.1, 0.15) is 0 Å². The minimum atomic E-state index is -0.738. The van der Waals surface area contributed by atoms with Crippen LogP contribution in [-0.2, 0) is 0 Å². The second-order valence-electron chi connectivity index (χ2n) is 3.18. The fourth-order valence-electron chi connectivity index (χ4n) is 1.35. The molecule has 0 spiro atoms. The molecule has 0 fully saturated rings. The molecule has 0 saturated carbocycles. The normalized spacial score (nSPS) is 10.4. The summed E-state index contributed by atoms with van der Waals surface area (Å²) >= 11 is 5.54. The van der Waals surface area contributed by atoms with E-state index in [1.165, 1.54) is 19.2 Å². The van der Waals surface area contributed by atoms with Crippen molar-refractivity contribution >= 4 is 11.6 Å². The third kappa shape index (κ3) is 2.34. The van der Waals surface area contributed by atoms with E-state index in [1.54, 1.807) is 0 Å². The third-order valence-electron chi connectivity index (χ3n) is 2.15. The average molecular weight is 257 g/mol. The van der Waals surface area contributed by atoms with Gasteiger partial charge in [0.25, 0.3) is 0 Å². The molecule has 0 bridgehead atoms. The highest BCUT2D eigenvalue weighted by atomic mass is 35.5. The van der Waals surface area contributed by atoms with Crippen LogP contribution in [0.3, 0.4) is 0 Å². The molecule has 17 heavy (non-hydrogen) atoms. The van der Waals surface area contributed by atoms with E-state index < -0.39 is 11.6 Å². The summed E-state index contributed by atoms with van der Waals surface area (Å²) in [5.74, 6) is -1.04. The van der Waals surface area contributed by atoms with Crippen LogP contribution >= 0.6 is 11.6 Å². The quantitative estimate of drug-likeness (QED) is 0.775. The number of halogens is 3. The highest BCUT2D eigenvalue weighted by molar-refractivity contribution is 6.28. The molecule has 6 heteroatoms. The van der Waals surface area contributed by atoms with Crippen molar-refractivity contribution in [2.45, 2.75) is 0 Å². The summed E-state index contributed by atoms with van der Waals surface area (Å²) in [5, 5.41) is -0.142. The number of hydrogen-bond acceptors (Lipinski definition) is 3. The Bertz CT molecular complexity index is 563. The van der Waals surface area contributed by atoms with Crippen LogP contribution in [-0.4, -0.2) is 17.1 Å². The van der Waals surface area contributed by atoms with Crippen molar-refractivity contribution in [2.75, 3.05) is 7.11 Å². The summed E-state index contributed by atoms with van der Waals surface area (Å²) < 4.78 is 32.0. The van der Waals surface area contributed by atoms with Gasteiger partial charge >= 0.3 is 0 Å². The summed E-state index contributed by atoms with van der Waals surface area (Å²) in [6, 6.07) is 4.02. The lowest BCUT2D eigenvalue weighted by Crippen LogP contribution is -1.95. The van der Waals surface area contributed by atoms with Gasteiger partial charge in [-0.15, -0.1) is 0 Å². The Labute approximate surface area is 101 Å². The molecule has 88 valence electrons. The molecule has 1 aromatic heterocycles. The number of aromatic nitrogens is 2. The van der Waals surface area contributed by atoms with Gasteiger partial charge in [-0.3, -0.25) is 0 Å². The fourth-order valence-corrected chi connectivity index (χ4v) is 1.48. The molecule has 3 nitrogen and oxygen atoms in total. The van der Waals surface area contributed by atoms with Crippen LogP contribution in [0.15, 0.2) is 24.4 Å². The number of hydrogen-bond donors (Lipinski definition) is 0. The zero-order valence-electron chi connectivity index (χ0n) is 8.75. The molecule has 0 aliphatic heterocycles. The van der Waals surface area contributed by atoms with Gasteiger partial charge in [0.05, 0.1) is 13.3 Å². The molecule has 1 heterocycles. The van der Waals surface area contributed by atoms with Crippen LogP contribution in [0.5, 0.6) is 5.75 Å². The number of ether oxygens (including phenoxy) is 1. The third-order valence-corrected chi connectivity index (χ3v) is 2.33. The second kappa shape index (κ2) is 4.63. The monoisotopic (exact) mass is 256 g/mol. The van der Waals surface area contributed by atoms with E-state index in [9.17, 15) is 8.78 Å². The van der Waals surface area contributed by atoms with Gasteiger partial charge in [-0.1, -0.05) is 0 Å². The number of methoxy groups -OCH3 is 1. The van der Waals surface area contributed by atoms with Crippen LogP contribution in [0.2, 0.25) is 5.28 Å². The molecule has 0 saturated heterocycles. The first-order valence-electron chi connectivity index (χ1n) is 4.64. The van der Waals surface area contributed by atoms with Crippen molar-refractivity contribution in [3.8, 4) is 17.0 Å². The van der Waals surface area contributed by atoms with Crippen molar-refractivity contribution in [2.24, 2.45) is 0 Å². The highest BCUT2D eigenvalue weighted by Crippen LogP contribution is 2.27. The molecule has 0 unspecified atom stereocenters. The van der Waals surface area contributed by atoms with Gasteiger partial charge < -0.3 is 4.74 Å². The minimum absolute atomic E-state index is 0.00704. The molecular weight excluding hydrogens is 250 g/mol. The van der Waals surface area contributed by atoms with Gasteiger partial charge in [0.2, 0.25) is 5.28 Å². The summed E-state index contributed by atoms with van der Waals surface area (Å²) in [7, 11) is 1.41. The van der Waals surface area contributed by atoms with Crippen molar-refractivity contribution < 1.29 is 13.5 Å². The van der Waals surface area contributed by atoms with Gasteiger partial charge in [0, 0.05) is 11.6 Å². The molecule has 2 rings (SSSR count). The van der Waals surface area contributed by atoms with Crippen molar-refractivity contribution in [3.05, 3.63) is 41.3 Å². The second-order valence-corrected chi connectivity index (χ2v) is 3.52. The maximum Gasteiger partial charge on any atom is 0.223 e. The standard InChI is InChI=1S/C11H7ClF2N2O/c1-17-6-2-3-7(8(13)4-6)10-9(14)5-15-11(12)16-10/h2-5H,1H3. The number of nitrogens with zero attached hydrogens (tertiary/aromatic N) is 2. The Hall–Kier alpha value is -1.75. The first-order valence-corrected chi connectivity index (χ1v) is 5.01. The van der Waals surface area contributed by atoms with Gasteiger partial charge in [0.1, 0.15) is 17.3 Å². The molecular formula is C11H7ClF2N2O. The molecule has 0 aliphatic carbocycles. The van der Waals surface area contributed by atoms with E-state index in [0.29, 0.717) is 5.75 Å². The lowest BCUT2D eigenvalue weighted by molar-refractivity contribution is 0.411. The van der Waals surface area contributed by atoms with E-state index in [-0.39, 0.29) is 16.5 Å². The maximum absolute atomic E-state index is 13.7. The first-order chi connectivity index (χ1) is 8.11. The summed E-state index contributed by atoms with van der Waals surface area (Å²) in [6.45, 7) is 0. The van der Waals surface area contributed by atoms with E-state index in [4.69, 9.17) is 16.3 Å². The van der Waals surface area contributed by atoms with Crippen LogP contribution in [0.4, 0.5) is 8.78 Å². The number of benzene rings is 1. The van der Waals surface area contributed by atoms with Crippen LogP contribution < -0.4 is 4.74 Å².